The molecule has 1 N–H and O–H groups in total. The minimum atomic E-state index is -1.05. The van der Waals surface area contributed by atoms with Crippen molar-refractivity contribution in [3.05, 3.63) is 39.7 Å². The van der Waals surface area contributed by atoms with E-state index >= 15 is 0 Å². The van der Waals surface area contributed by atoms with Crippen LogP contribution < -0.4 is 0 Å². The van der Waals surface area contributed by atoms with Gasteiger partial charge in [0.1, 0.15) is 0 Å². The van der Waals surface area contributed by atoms with Crippen molar-refractivity contribution in [3.63, 3.8) is 0 Å². The SMILES string of the molecule is CCN(CCC(=O)O)C(=O)c1ccc(F)c([N+](=O)[O-])c1. The zero-order chi connectivity index (χ0) is 15.3. The highest BCUT2D eigenvalue weighted by Gasteiger charge is 2.20. The first-order chi connectivity index (χ1) is 9.36. The lowest BCUT2D eigenvalue weighted by Crippen LogP contribution is -2.32. The number of rotatable bonds is 6. The first-order valence-electron chi connectivity index (χ1n) is 5.81. The van der Waals surface area contributed by atoms with Gasteiger partial charge in [0.25, 0.3) is 5.91 Å². The van der Waals surface area contributed by atoms with E-state index in [1.807, 2.05) is 0 Å². The van der Waals surface area contributed by atoms with E-state index in [0.29, 0.717) is 0 Å². The maximum absolute atomic E-state index is 13.2. The number of nitro benzene ring substituents is 1. The van der Waals surface area contributed by atoms with E-state index < -0.39 is 28.3 Å². The third kappa shape index (κ3) is 3.74. The van der Waals surface area contributed by atoms with Gasteiger partial charge in [-0.3, -0.25) is 19.7 Å². The highest BCUT2D eigenvalue weighted by atomic mass is 19.1. The number of hydrogen-bond donors (Lipinski definition) is 1. The number of hydrogen-bond acceptors (Lipinski definition) is 4. The van der Waals surface area contributed by atoms with Gasteiger partial charge in [-0.15, -0.1) is 0 Å². The molecule has 0 saturated carbocycles. The van der Waals surface area contributed by atoms with Gasteiger partial charge in [-0.25, -0.2) is 0 Å². The van der Waals surface area contributed by atoms with E-state index in [1.165, 1.54) is 4.90 Å². The molecule has 1 amide bonds. The van der Waals surface area contributed by atoms with Crippen LogP contribution in [-0.4, -0.2) is 39.9 Å². The van der Waals surface area contributed by atoms with Gasteiger partial charge in [-0.1, -0.05) is 0 Å². The average Bonchev–Trinajstić information content (AvgIpc) is 2.39. The molecule has 0 saturated heterocycles. The number of benzene rings is 1. The number of carbonyl (C=O) groups is 2. The van der Waals surface area contributed by atoms with Gasteiger partial charge in [0.05, 0.1) is 11.3 Å². The highest BCUT2D eigenvalue weighted by Crippen LogP contribution is 2.19. The summed E-state index contributed by atoms with van der Waals surface area (Å²) in [6, 6.07) is 2.82. The van der Waals surface area contributed by atoms with E-state index in [0.717, 1.165) is 18.2 Å². The Hall–Kier alpha value is -2.51. The van der Waals surface area contributed by atoms with Crippen molar-refractivity contribution >= 4 is 17.6 Å². The summed E-state index contributed by atoms with van der Waals surface area (Å²) >= 11 is 0. The summed E-state index contributed by atoms with van der Waals surface area (Å²) in [6.07, 6.45) is -0.233. The number of carbonyl (C=O) groups excluding carboxylic acids is 1. The van der Waals surface area contributed by atoms with E-state index in [4.69, 9.17) is 5.11 Å². The largest absolute Gasteiger partial charge is 0.481 e. The van der Waals surface area contributed by atoms with Gasteiger partial charge in [0, 0.05) is 24.7 Å². The fourth-order valence-corrected chi connectivity index (χ4v) is 1.60. The van der Waals surface area contributed by atoms with Crippen molar-refractivity contribution < 1.29 is 24.0 Å². The average molecular weight is 284 g/mol. The lowest BCUT2D eigenvalue weighted by atomic mass is 10.1. The predicted molar refractivity (Wildman–Crippen MR) is 66.9 cm³/mol. The number of nitro groups is 1. The second kappa shape index (κ2) is 6.60. The quantitative estimate of drug-likeness (QED) is 0.632. The van der Waals surface area contributed by atoms with Crippen molar-refractivity contribution in [2.24, 2.45) is 0 Å². The lowest BCUT2D eigenvalue weighted by Gasteiger charge is -2.19. The fourth-order valence-electron chi connectivity index (χ4n) is 1.60. The molecule has 0 unspecified atom stereocenters. The lowest BCUT2D eigenvalue weighted by molar-refractivity contribution is -0.387. The van der Waals surface area contributed by atoms with Crippen molar-refractivity contribution in [2.45, 2.75) is 13.3 Å². The Morgan fingerprint density at radius 3 is 2.60 bits per heavy atom. The van der Waals surface area contributed by atoms with Crippen LogP contribution in [0.4, 0.5) is 10.1 Å². The zero-order valence-corrected chi connectivity index (χ0v) is 10.7. The van der Waals surface area contributed by atoms with Crippen LogP contribution in [-0.2, 0) is 4.79 Å². The predicted octanol–water partition coefficient (Wildman–Crippen LogP) is 1.67. The molecule has 0 bridgehead atoms. The second-order valence-corrected chi connectivity index (χ2v) is 3.95. The molecule has 20 heavy (non-hydrogen) atoms. The summed E-state index contributed by atoms with van der Waals surface area (Å²) in [4.78, 5) is 33.5. The molecule has 0 aromatic heterocycles. The molecule has 0 fully saturated rings. The molecule has 0 atom stereocenters. The molecule has 1 aromatic carbocycles. The number of carboxylic acids is 1. The third-order valence-electron chi connectivity index (χ3n) is 2.65. The van der Waals surface area contributed by atoms with Crippen molar-refractivity contribution in [1.82, 2.24) is 4.90 Å². The van der Waals surface area contributed by atoms with E-state index in [-0.39, 0.29) is 25.1 Å². The molecule has 1 rings (SSSR count). The van der Waals surface area contributed by atoms with Crippen molar-refractivity contribution in [1.29, 1.82) is 0 Å². The van der Waals surface area contributed by atoms with E-state index in [2.05, 4.69) is 0 Å². The number of amides is 1. The maximum Gasteiger partial charge on any atom is 0.305 e. The number of aliphatic carboxylic acids is 1. The van der Waals surface area contributed by atoms with Crippen molar-refractivity contribution in [3.8, 4) is 0 Å². The number of carboxylic acid groups (broad SMARTS) is 1. The standard InChI is InChI=1S/C12H13FN2O5/c1-2-14(6-5-11(16)17)12(18)8-3-4-9(13)10(7-8)15(19)20/h3-4,7H,2,5-6H2,1H3,(H,16,17). The van der Waals surface area contributed by atoms with Crippen LogP contribution in [0.1, 0.15) is 23.7 Å². The normalized spacial score (nSPS) is 10.1. The van der Waals surface area contributed by atoms with Gasteiger partial charge in [-0.05, 0) is 19.1 Å². The van der Waals surface area contributed by atoms with Gasteiger partial charge in [0.2, 0.25) is 5.82 Å². The molecule has 8 heteroatoms. The van der Waals surface area contributed by atoms with E-state index in [9.17, 15) is 24.1 Å². The Labute approximate surface area is 113 Å². The number of halogens is 1. The van der Waals surface area contributed by atoms with Gasteiger partial charge in [-0.2, -0.15) is 4.39 Å². The topological polar surface area (TPSA) is 101 Å². The minimum Gasteiger partial charge on any atom is -0.481 e. The van der Waals surface area contributed by atoms with Crippen LogP contribution in [0.3, 0.4) is 0 Å². The third-order valence-corrected chi connectivity index (χ3v) is 2.65. The summed E-state index contributed by atoms with van der Waals surface area (Å²) in [5, 5.41) is 19.2. The highest BCUT2D eigenvalue weighted by molar-refractivity contribution is 5.95. The molecular formula is C12H13FN2O5. The molecule has 0 aliphatic rings. The smallest absolute Gasteiger partial charge is 0.305 e. The van der Waals surface area contributed by atoms with Crippen LogP contribution in [0, 0.1) is 15.9 Å². The van der Waals surface area contributed by atoms with Crippen LogP contribution >= 0.6 is 0 Å². The molecule has 0 heterocycles. The van der Waals surface area contributed by atoms with Crippen LogP contribution in [0.5, 0.6) is 0 Å². The van der Waals surface area contributed by atoms with E-state index in [1.54, 1.807) is 6.92 Å². The summed E-state index contributed by atoms with van der Waals surface area (Å²) in [7, 11) is 0. The molecule has 0 radical (unpaired) electrons. The fraction of sp³-hybridized carbons (Fsp3) is 0.333. The monoisotopic (exact) mass is 284 g/mol. The number of nitrogens with zero attached hydrogens (tertiary/aromatic N) is 2. The Kier molecular flexibility index (Phi) is 5.13. The van der Waals surface area contributed by atoms with Crippen molar-refractivity contribution in [2.75, 3.05) is 13.1 Å². The molecule has 1 aromatic rings. The van der Waals surface area contributed by atoms with Gasteiger partial charge in [0.15, 0.2) is 0 Å². The Bertz CT molecular complexity index is 547. The summed E-state index contributed by atoms with van der Waals surface area (Å²) < 4.78 is 13.2. The van der Waals surface area contributed by atoms with Crippen LogP contribution in [0.2, 0.25) is 0 Å². The summed E-state index contributed by atoms with van der Waals surface area (Å²) in [5.74, 6) is -2.65. The first kappa shape index (κ1) is 15.5. The van der Waals surface area contributed by atoms with Crippen LogP contribution in [0.15, 0.2) is 18.2 Å². The first-order valence-corrected chi connectivity index (χ1v) is 5.81. The molecule has 108 valence electrons. The zero-order valence-electron chi connectivity index (χ0n) is 10.7. The molecular weight excluding hydrogens is 271 g/mol. The molecule has 0 aliphatic carbocycles. The molecule has 0 aliphatic heterocycles. The van der Waals surface area contributed by atoms with Gasteiger partial charge >= 0.3 is 11.7 Å². The van der Waals surface area contributed by atoms with Gasteiger partial charge < -0.3 is 10.0 Å². The Morgan fingerprint density at radius 2 is 2.10 bits per heavy atom. The summed E-state index contributed by atoms with van der Waals surface area (Å²) in [5.41, 5.74) is -0.838. The Balaban J connectivity index is 2.97. The van der Waals surface area contributed by atoms with Crippen LogP contribution in [0.25, 0.3) is 0 Å². The molecule has 7 nitrogen and oxygen atoms in total. The Morgan fingerprint density at radius 1 is 1.45 bits per heavy atom. The summed E-state index contributed by atoms with van der Waals surface area (Å²) in [6.45, 7) is 1.88. The maximum atomic E-state index is 13.2. The molecule has 0 spiro atoms. The second-order valence-electron chi connectivity index (χ2n) is 3.95. The minimum absolute atomic E-state index is 0.0180.